The molecule has 5 rings (SSSR count). The fraction of sp³-hybridized carbons (Fsp3) is 0.929. The van der Waals surface area contributed by atoms with Crippen LogP contribution in [0.1, 0.15) is 84.0 Å². The molecule has 5 unspecified atom stereocenters. The minimum absolute atomic E-state index is 0.00535. The van der Waals surface area contributed by atoms with Gasteiger partial charge in [-0.3, -0.25) is 14.7 Å². The highest BCUT2D eigenvalue weighted by molar-refractivity contribution is 6.43. The number of hydrogen-bond acceptors (Lipinski definition) is 9. The topological polar surface area (TPSA) is 128 Å². The number of carbonyl (C=O) groups excluding carboxylic acids is 1. The van der Waals surface area contributed by atoms with Crippen LogP contribution in [0.2, 0.25) is 5.82 Å². The fourth-order valence-corrected chi connectivity index (χ4v) is 8.14. The van der Waals surface area contributed by atoms with Crippen molar-refractivity contribution in [3.05, 3.63) is 0 Å². The number of nitrogens with zero attached hydrogens (tertiary/aromatic N) is 2. The van der Waals surface area contributed by atoms with Gasteiger partial charge in [0.15, 0.2) is 0 Å². The summed E-state index contributed by atoms with van der Waals surface area (Å²) < 4.78 is 11.8. The van der Waals surface area contributed by atoms with Crippen molar-refractivity contribution in [2.75, 3.05) is 20.3 Å². The molecule has 5 aliphatic rings. The fourth-order valence-electron chi connectivity index (χ4n) is 7.89. The Balaban J connectivity index is 1.23. The van der Waals surface area contributed by atoms with Crippen LogP contribution in [0.15, 0.2) is 4.99 Å². The van der Waals surface area contributed by atoms with Gasteiger partial charge >= 0.3 is 7.12 Å². The lowest BCUT2D eigenvalue weighted by Gasteiger charge is -2.44. The summed E-state index contributed by atoms with van der Waals surface area (Å²) in [5, 5.41) is 22.1. The minimum atomic E-state index is -1.24. The standard InChI is InChI=1S/C28H49BClN5O5/c1-17-33-34-28-24(16-26(36)31-13-14-40-21-9-5-19(6-10-21)29(37)38)32-27(18-3-7-20(30)8-4-18)23-15-22(39-2)11-12-25(23)35(17)28/h17-25,28,33-34,37-38H,3-16H2,1-2H3,(H,31,36)/t17?,18?,19?,20?,21?,22?,23?,24-,25?,28?/m0/s1. The van der Waals surface area contributed by atoms with Crippen LogP contribution in [0.5, 0.6) is 0 Å². The zero-order chi connectivity index (χ0) is 28.2. The first kappa shape index (κ1) is 30.7. The molecule has 3 aliphatic carbocycles. The molecule has 0 radical (unpaired) electrons. The van der Waals surface area contributed by atoms with Gasteiger partial charge in [0.1, 0.15) is 0 Å². The predicted molar refractivity (Wildman–Crippen MR) is 156 cm³/mol. The lowest BCUT2D eigenvalue weighted by atomic mass is 9.65. The first-order valence-corrected chi connectivity index (χ1v) is 16.0. The highest BCUT2D eigenvalue weighted by atomic mass is 35.5. The van der Waals surface area contributed by atoms with Crippen LogP contribution < -0.4 is 16.2 Å². The van der Waals surface area contributed by atoms with Crippen LogP contribution in [0.4, 0.5) is 0 Å². The molecule has 226 valence electrons. The average molecular weight is 582 g/mol. The maximum atomic E-state index is 13.2. The molecule has 5 N–H and O–H groups in total. The summed E-state index contributed by atoms with van der Waals surface area (Å²) in [4.78, 5) is 21.2. The lowest BCUT2D eigenvalue weighted by Crippen LogP contribution is -2.55. The number of hydrazine groups is 1. The number of aliphatic imine (C=N–C) groups is 1. The number of ether oxygens (including phenoxy) is 2. The molecular weight excluding hydrogens is 533 g/mol. The molecule has 6 atom stereocenters. The Labute approximate surface area is 244 Å². The second kappa shape index (κ2) is 14.1. The summed E-state index contributed by atoms with van der Waals surface area (Å²) in [6.07, 6.45) is 11.2. The molecule has 0 aromatic rings. The number of alkyl halides is 1. The normalized spacial score (nSPS) is 40.5. The van der Waals surface area contributed by atoms with Crippen molar-refractivity contribution in [2.45, 2.75) is 132 Å². The van der Waals surface area contributed by atoms with E-state index in [1.165, 1.54) is 5.71 Å². The lowest BCUT2D eigenvalue weighted by molar-refractivity contribution is -0.122. The van der Waals surface area contributed by atoms with Crippen molar-refractivity contribution in [1.82, 2.24) is 21.1 Å². The Hall–Kier alpha value is -0.785. The Morgan fingerprint density at radius 1 is 1.07 bits per heavy atom. The van der Waals surface area contributed by atoms with Gasteiger partial charge in [0.2, 0.25) is 5.91 Å². The van der Waals surface area contributed by atoms with Gasteiger partial charge in [-0.1, -0.05) is 0 Å². The molecule has 0 aromatic carbocycles. The zero-order valence-corrected chi connectivity index (χ0v) is 24.9. The van der Waals surface area contributed by atoms with E-state index in [1.54, 1.807) is 0 Å². The van der Waals surface area contributed by atoms with E-state index in [4.69, 9.17) is 26.1 Å². The molecule has 0 bridgehead atoms. The number of halogens is 1. The molecular formula is C28H49BClN5O5. The summed E-state index contributed by atoms with van der Waals surface area (Å²) in [6, 6.07) is 0.179. The second-order valence-electron chi connectivity index (χ2n) is 12.6. The number of carbonyl (C=O) groups is 1. The number of hydrogen-bond donors (Lipinski definition) is 5. The Kier molecular flexibility index (Phi) is 10.8. The van der Waals surface area contributed by atoms with Crippen LogP contribution in [-0.2, 0) is 14.3 Å². The molecule has 2 heterocycles. The third-order valence-electron chi connectivity index (χ3n) is 10.1. The molecule has 4 fully saturated rings. The molecule has 10 nitrogen and oxygen atoms in total. The van der Waals surface area contributed by atoms with Crippen molar-refractivity contribution in [1.29, 1.82) is 0 Å². The number of rotatable bonds is 9. The third-order valence-corrected chi connectivity index (χ3v) is 10.6. The predicted octanol–water partition coefficient (Wildman–Crippen LogP) is 2.18. The molecule has 0 aromatic heterocycles. The number of nitrogens with one attached hydrogen (secondary N) is 3. The summed E-state index contributed by atoms with van der Waals surface area (Å²) in [5.41, 5.74) is 8.21. The highest BCUT2D eigenvalue weighted by Crippen LogP contribution is 2.42. The zero-order valence-electron chi connectivity index (χ0n) is 24.1. The van der Waals surface area contributed by atoms with Crippen molar-refractivity contribution in [2.24, 2.45) is 16.8 Å². The number of fused-ring (bicyclic) bond motifs is 3. The van der Waals surface area contributed by atoms with Crippen molar-refractivity contribution in [3.63, 3.8) is 0 Å². The minimum Gasteiger partial charge on any atom is -0.427 e. The Morgan fingerprint density at radius 2 is 1.80 bits per heavy atom. The van der Waals surface area contributed by atoms with Gasteiger partial charge in [-0.25, -0.2) is 10.9 Å². The van der Waals surface area contributed by atoms with Gasteiger partial charge in [-0.05, 0) is 89.3 Å². The molecule has 40 heavy (non-hydrogen) atoms. The first-order chi connectivity index (χ1) is 19.3. The molecule has 2 aliphatic heterocycles. The van der Waals surface area contributed by atoms with Gasteiger partial charge in [-0.15, -0.1) is 11.6 Å². The molecule has 1 saturated heterocycles. The highest BCUT2D eigenvalue weighted by Gasteiger charge is 2.50. The summed E-state index contributed by atoms with van der Waals surface area (Å²) in [7, 11) is 0.583. The van der Waals surface area contributed by atoms with Crippen molar-refractivity contribution < 1.29 is 24.3 Å². The van der Waals surface area contributed by atoms with Gasteiger partial charge in [0, 0.05) is 36.7 Å². The smallest absolute Gasteiger partial charge is 0.427 e. The molecule has 0 spiro atoms. The van der Waals surface area contributed by atoms with E-state index in [-0.39, 0.29) is 47.7 Å². The van der Waals surface area contributed by atoms with Crippen molar-refractivity contribution in [3.8, 4) is 0 Å². The van der Waals surface area contributed by atoms with Crippen LogP contribution in [0.25, 0.3) is 0 Å². The maximum absolute atomic E-state index is 13.2. The van der Waals surface area contributed by atoms with Crippen LogP contribution in [-0.4, -0.2) is 95.9 Å². The monoisotopic (exact) mass is 581 g/mol. The second-order valence-corrected chi connectivity index (χ2v) is 13.3. The molecule has 3 saturated carbocycles. The van der Waals surface area contributed by atoms with E-state index in [1.807, 2.05) is 7.11 Å². The quantitative estimate of drug-likeness (QED) is 0.159. The SMILES string of the molecule is COC1CCC2C(C1)C(C1CCC(Cl)CC1)=N[C@@H](CC(=O)NCCOC1CCC(B(O)O)CC1)C1NNC(C)N21. The van der Waals surface area contributed by atoms with Crippen LogP contribution >= 0.6 is 11.6 Å². The van der Waals surface area contributed by atoms with E-state index in [0.29, 0.717) is 37.5 Å². The van der Waals surface area contributed by atoms with Crippen LogP contribution in [0.3, 0.4) is 0 Å². The van der Waals surface area contributed by atoms with Crippen molar-refractivity contribution >= 4 is 30.3 Å². The summed E-state index contributed by atoms with van der Waals surface area (Å²) >= 11 is 6.49. The van der Waals surface area contributed by atoms with E-state index in [2.05, 4.69) is 28.0 Å². The van der Waals surface area contributed by atoms with Gasteiger partial charge in [0.25, 0.3) is 0 Å². The third kappa shape index (κ3) is 7.22. The average Bonchev–Trinajstić information content (AvgIpc) is 3.28. The maximum Gasteiger partial charge on any atom is 0.454 e. The molecule has 12 heteroatoms. The van der Waals surface area contributed by atoms with Gasteiger partial charge < -0.3 is 24.8 Å². The van der Waals surface area contributed by atoms with E-state index in [9.17, 15) is 14.8 Å². The van der Waals surface area contributed by atoms with Crippen LogP contribution in [0, 0.1) is 11.8 Å². The van der Waals surface area contributed by atoms with E-state index >= 15 is 0 Å². The number of amides is 1. The van der Waals surface area contributed by atoms with Gasteiger partial charge in [0.05, 0.1) is 43.6 Å². The van der Waals surface area contributed by atoms with Gasteiger partial charge in [-0.2, -0.15) is 0 Å². The van der Waals surface area contributed by atoms with E-state index < -0.39 is 7.12 Å². The summed E-state index contributed by atoms with van der Waals surface area (Å²) in [5.74, 6) is 0.682. The molecule has 1 amide bonds. The number of methoxy groups -OCH3 is 1. The first-order valence-electron chi connectivity index (χ1n) is 15.6. The summed E-state index contributed by atoms with van der Waals surface area (Å²) in [6.45, 7) is 3.11. The Bertz CT molecular complexity index is 870. The largest absolute Gasteiger partial charge is 0.454 e. The Morgan fingerprint density at radius 3 is 2.50 bits per heavy atom. The van der Waals surface area contributed by atoms with E-state index in [0.717, 1.165) is 70.6 Å².